The molecule has 0 bridgehead atoms. The van der Waals surface area contributed by atoms with Crippen LogP contribution in [0, 0.1) is 0 Å². The summed E-state index contributed by atoms with van der Waals surface area (Å²) in [4.78, 5) is 28.1. The van der Waals surface area contributed by atoms with Crippen LogP contribution in [0.1, 0.15) is 11.6 Å². The van der Waals surface area contributed by atoms with Crippen LogP contribution in [0.25, 0.3) is 0 Å². The lowest BCUT2D eigenvalue weighted by Crippen LogP contribution is -2.52. The molecule has 3 N–H and O–H groups in total. The number of anilines is 1. The molecule has 1 aliphatic rings. The summed E-state index contributed by atoms with van der Waals surface area (Å²) in [5.74, 6) is -0.383. The number of primary amides is 1. The third kappa shape index (κ3) is 4.16. The third-order valence-electron chi connectivity index (χ3n) is 4.41. The molecule has 1 aliphatic heterocycles. The summed E-state index contributed by atoms with van der Waals surface area (Å²) in [6, 6.07) is 18.3. The Bertz CT molecular complexity index is 713. The molecule has 0 radical (unpaired) electrons. The lowest BCUT2D eigenvalue weighted by Gasteiger charge is -2.39. The fourth-order valence-electron chi connectivity index (χ4n) is 3.23. The first-order valence-electron chi connectivity index (χ1n) is 8.34. The molecule has 3 amide bonds. The molecule has 1 fully saturated rings. The lowest BCUT2D eigenvalue weighted by molar-refractivity contribution is -0.125. The van der Waals surface area contributed by atoms with Gasteiger partial charge in [0.05, 0.1) is 0 Å². The second-order valence-electron chi connectivity index (χ2n) is 6.03. The van der Waals surface area contributed by atoms with Gasteiger partial charge in [-0.2, -0.15) is 0 Å². The minimum Gasteiger partial charge on any atom is -0.369 e. The van der Waals surface area contributed by atoms with Gasteiger partial charge in [0.1, 0.15) is 6.04 Å². The summed E-state index contributed by atoms with van der Waals surface area (Å²) < 4.78 is 0. The Kier molecular flexibility index (Phi) is 5.30. The lowest BCUT2D eigenvalue weighted by atomic mass is 10.0. The zero-order chi connectivity index (χ0) is 17.6. The van der Waals surface area contributed by atoms with Crippen LogP contribution < -0.4 is 16.0 Å². The zero-order valence-corrected chi connectivity index (χ0v) is 14.0. The van der Waals surface area contributed by atoms with Crippen LogP contribution in [0.4, 0.5) is 10.5 Å². The van der Waals surface area contributed by atoms with Crippen molar-refractivity contribution in [3.8, 4) is 0 Å². The monoisotopic (exact) mass is 338 g/mol. The second kappa shape index (κ2) is 7.81. The van der Waals surface area contributed by atoms with E-state index in [9.17, 15) is 9.59 Å². The Balaban J connectivity index is 1.74. The highest BCUT2D eigenvalue weighted by molar-refractivity contribution is 5.96. The van der Waals surface area contributed by atoms with E-state index in [1.807, 2.05) is 48.5 Å². The standard InChI is InChI=1S/C19H22N4O2/c20-19(25)21-18(24)17(15-7-3-1-4-8-15)23-13-11-22(12-14-23)16-9-5-2-6-10-16/h1-10,17H,11-14H2,(H3,20,21,24,25). The van der Waals surface area contributed by atoms with Gasteiger partial charge in [-0.15, -0.1) is 0 Å². The Labute approximate surface area is 147 Å². The molecule has 1 heterocycles. The first-order chi connectivity index (χ1) is 12.1. The van der Waals surface area contributed by atoms with Gasteiger partial charge in [0.15, 0.2) is 0 Å². The summed E-state index contributed by atoms with van der Waals surface area (Å²) in [5, 5.41) is 2.23. The first kappa shape index (κ1) is 17.0. The number of imide groups is 1. The maximum Gasteiger partial charge on any atom is 0.318 e. The third-order valence-corrected chi connectivity index (χ3v) is 4.41. The van der Waals surface area contributed by atoms with E-state index < -0.39 is 12.1 Å². The van der Waals surface area contributed by atoms with Crippen molar-refractivity contribution < 1.29 is 9.59 Å². The molecule has 0 aliphatic carbocycles. The number of carbonyl (C=O) groups is 2. The normalized spacial score (nSPS) is 16.2. The predicted molar refractivity (Wildman–Crippen MR) is 97.1 cm³/mol. The number of urea groups is 1. The topological polar surface area (TPSA) is 78.7 Å². The molecule has 2 aromatic carbocycles. The maximum absolute atomic E-state index is 12.5. The number of rotatable bonds is 4. The molecule has 6 nitrogen and oxygen atoms in total. The van der Waals surface area contributed by atoms with Crippen molar-refractivity contribution in [2.75, 3.05) is 31.1 Å². The Morgan fingerprint density at radius 2 is 1.44 bits per heavy atom. The highest BCUT2D eigenvalue weighted by Gasteiger charge is 2.31. The number of benzene rings is 2. The van der Waals surface area contributed by atoms with E-state index in [-0.39, 0.29) is 5.91 Å². The fourth-order valence-corrected chi connectivity index (χ4v) is 3.23. The van der Waals surface area contributed by atoms with E-state index in [1.165, 1.54) is 5.69 Å². The van der Waals surface area contributed by atoms with Crippen molar-refractivity contribution >= 4 is 17.6 Å². The van der Waals surface area contributed by atoms with Gasteiger partial charge >= 0.3 is 6.03 Å². The number of nitrogens with two attached hydrogens (primary N) is 1. The molecule has 0 saturated carbocycles. The number of hydrogen-bond donors (Lipinski definition) is 2. The second-order valence-corrected chi connectivity index (χ2v) is 6.03. The van der Waals surface area contributed by atoms with Gasteiger partial charge in [-0.1, -0.05) is 48.5 Å². The van der Waals surface area contributed by atoms with Gasteiger partial charge in [-0.25, -0.2) is 4.79 Å². The molecule has 1 unspecified atom stereocenters. The van der Waals surface area contributed by atoms with E-state index in [0.717, 1.165) is 31.7 Å². The minimum atomic E-state index is -0.825. The SMILES string of the molecule is NC(=O)NC(=O)C(c1ccccc1)N1CCN(c2ccccc2)CC1. The number of amides is 3. The molecule has 1 saturated heterocycles. The molecular weight excluding hydrogens is 316 g/mol. The number of carbonyl (C=O) groups excluding carboxylic acids is 2. The summed E-state index contributed by atoms with van der Waals surface area (Å²) >= 11 is 0. The summed E-state index contributed by atoms with van der Waals surface area (Å²) in [5.41, 5.74) is 7.18. The molecule has 0 spiro atoms. The van der Waals surface area contributed by atoms with E-state index in [2.05, 4.69) is 27.2 Å². The van der Waals surface area contributed by atoms with Crippen LogP contribution in [0.15, 0.2) is 60.7 Å². The maximum atomic E-state index is 12.5. The van der Waals surface area contributed by atoms with Gasteiger partial charge in [-0.3, -0.25) is 15.0 Å². The number of nitrogens with one attached hydrogen (secondary N) is 1. The summed E-state index contributed by atoms with van der Waals surface area (Å²) in [7, 11) is 0. The van der Waals surface area contributed by atoms with E-state index in [1.54, 1.807) is 0 Å². The molecular formula is C19H22N4O2. The Morgan fingerprint density at radius 3 is 2.00 bits per heavy atom. The fraction of sp³-hybridized carbons (Fsp3) is 0.263. The number of piperazine rings is 1. The van der Waals surface area contributed by atoms with E-state index in [0.29, 0.717) is 0 Å². The quantitative estimate of drug-likeness (QED) is 0.890. The van der Waals surface area contributed by atoms with E-state index in [4.69, 9.17) is 5.73 Å². The highest BCUT2D eigenvalue weighted by Crippen LogP contribution is 2.24. The van der Waals surface area contributed by atoms with Gasteiger partial charge in [0.2, 0.25) is 5.91 Å². The van der Waals surface area contributed by atoms with Crippen molar-refractivity contribution in [3.05, 3.63) is 66.2 Å². The Morgan fingerprint density at radius 1 is 0.880 bits per heavy atom. The van der Waals surface area contributed by atoms with Crippen LogP contribution in [0.3, 0.4) is 0 Å². The van der Waals surface area contributed by atoms with Gasteiger partial charge in [-0.05, 0) is 17.7 Å². The van der Waals surface area contributed by atoms with Crippen LogP contribution in [-0.2, 0) is 4.79 Å². The largest absolute Gasteiger partial charge is 0.369 e. The zero-order valence-electron chi connectivity index (χ0n) is 14.0. The average molecular weight is 338 g/mol. The minimum absolute atomic E-state index is 0.383. The number of nitrogens with zero attached hydrogens (tertiary/aromatic N) is 2. The highest BCUT2D eigenvalue weighted by atomic mass is 16.2. The van der Waals surface area contributed by atoms with Crippen LogP contribution in [-0.4, -0.2) is 43.0 Å². The van der Waals surface area contributed by atoms with E-state index >= 15 is 0 Å². The molecule has 130 valence electrons. The molecule has 2 aromatic rings. The van der Waals surface area contributed by atoms with Crippen LogP contribution in [0.2, 0.25) is 0 Å². The first-order valence-corrected chi connectivity index (χ1v) is 8.34. The molecule has 25 heavy (non-hydrogen) atoms. The number of para-hydroxylation sites is 1. The van der Waals surface area contributed by atoms with Crippen molar-refractivity contribution in [1.29, 1.82) is 0 Å². The molecule has 3 rings (SSSR count). The van der Waals surface area contributed by atoms with Crippen molar-refractivity contribution in [2.24, 2.45) is 5.73 Å². The van der Waals surface area contributed by atoms with Crippen LogP contribution >= 0.6 is 0 Å². The molecule has 6 heteroatoms. The summed E-state index contributed by atoms with van der Waals surface area (Å²) in [6.45, 7) is 3.08. The van der Waals surface area contributed by atoms with Gasteiger partial charge in [0.25, 0.3) is 0 Å². The van der Waals surface area contributed by atoms with Crippen molar-refractivity contribution in [2.45, 2.75) is 6.04 Å². The van der Waals surface area contributed by atoms with Crippen molar-refractivity contribution in [3.63, 3.8) is 0 Å². The smallest absolute Gasteiger partial charge is 0.318 e. The molecule has 0 aromatic heterocycles. The van der Waals surface area contributed by atoms with Crippen LogP contribution in [0.5, 0.6) is 0 Å². The Hall–Kier alpha value is -2.86. The predicted octanol–water partition coefficient (Wildman–Crippen LogP) is 1.74. The van der Waals surface area contributed by atoms with Gasteiger partial charge in [0, 0.05) is 31.9 Å². The van der Waals surface area contributed by atoms with Crippen molar-refractivity contribution in [1.82, 2.24) is 10.2 Å². The van der Waals surface area contributed by atoms with Gasteiger partial charge < -0.3 is 10.6 Å². The summed E-state index contributed by atoms with van der Waals surface area (Å²) in [6.07, 6.45) is 0. The number of hydrogen-bond acceptors (Lipinski definition) is 4. The molecule has 1 atom stereocenters. The average Bonchev–Trinajstić information content (AvgIpc) is 2.63.